The molecule has 0 fully saturated rings. The second-order valence-electron chi connectivity index (χ2n) is 9.79. The van der Waals surface area contributed by atoms with Crippen LogP contribution in [0.4, 0.5) is 0 Å². The molecular weight excluding hydrogens is 460 g/mol. The van der Waals surface area contributed by atoms with E-state index in [-0.39, 0.29) is 17.6 Å². The number of allylic oxidation sites excluding steroid dienone is 4. The molecule has 0 bridgehead atoms. The van der Waals surface area contributed by atoms with Gasteiger partial charge in [-0.3, -0.25) is 9.59 Å². The molecule has 1 amide bonds. The Hall–Kier alpha value is -3.86. The van der Waals surface area contributed by atoms with Gasteiger partial charge >= 0.3 is 0 Å². The van der Waals surface area contributed by atoms with Crippen LogP contribution < -0.4 is 0 Å². The largest absolute Gasteiger partial charge is 0.508 e. The summed E-state index contributed by atoms with van der Waals surface area (Å²) in [6.07, 6.45) is 10.6. The molecule has 1 aliphatic heterocycles. The van der Waals surface area contributed by atoms with Crippen LogP contribution in [-0.4, -0.2) is 39.9 Å². The number of hydrogen-bond acceptors (Lipinski definition) is 3. The van der Waals surface area contributed by atoms with E-state index in [1.54, 1.807) is 12.1 Å². The lowest BCUT2D eigenvalue weighted by atomic mass is 10.0. The van der Waals surface area contributed by atoms with Gasteiger partial charge in [-0.25, -0.2) is 0 Å². The second kappa shape index (κ2) is 12.4. The predicted octanol–water partition coefficient (Wildman–Crippen LogP) is 6.23. The Morgan fingerprint density at radius 1 is 1.00 bits per heavy atom. The van der Waals surface area contributed by atoms with Gasteiger partial charge in [-0.05, 0) is 68.9 Å². The van der Waals surface area contributed by atoms with E-state index in [1.807, 2.05) is 65.9 Å². The molecule has 1 atom stereocenters. The number of hydrogen-bond donors (Lipinski definition) is 1. The molecule has 2 aromatic carbocycles. The second-order valence-corrected chi connectivity index (χ2v) is 9.79. The third-order valence-electron chi connectivity index (χ3n) is 7.01. The van der Waals surface area contributed by atoms with E-state index < -0.39 is 0 Å². The summed E-state index contributed by atoms with van der Waals surface area (Å²) in [6, 6.07) is 21.3. The smallest absolute Gasteiger partial charge is 0.231 e. The summed E-state index contributed by atoms with van der Waals surface area (Å²) in [7, 11) is 1.89. The maximum absolute atomic E-state index is 13.0. The summed E-state index contributed by atoms with van der Waals surface area (Å²) in [5, 5.41) is 8.76. The molecule has 1 aromatic heterocycles. The number of Topliss-reactive ketones (excluding diaryl/α,β-unsaturated/α-hetero) is 1. The number of benzene rings is 2. The Balaban J connectivity index is 0.000000342. The molecule has 2 heterocycles. The van der Waals surface area contributed by atoms with Gasteiger partial charge in [-0.2, -0.15) is 0 Å². The van der Waals surface area contributed by atoms with Gasteiger partial charge in [-0.15, -0.1) is 0 Å². The molecule has 5 nitrogen and oxygen atoms in total. The minimum atomic E-state index is -0.144. The topological polar surface area (TPSA) is 62.5 Å². The van der Waals surface area contributed by atoms with Crippen LogP contribution in [0.25, 0.3) is 0 Å². The first kappa shape index (κ1) is 26.2. The number of phenolic OH excluding ortho intramolecular Hbond substituents is 1. The van der Waals surface area contributed by atoms with Crippen LogP contribution in [0.5, 0.6) is 5.75 Å². The van der Waals surface area contributed by atoms with Crippen molar-refractivity contribution in [1.29, 1.82) is 0 Å². The number of aromatic hydroxyl groups is 1. The molecule has 0 radical (unpaired) electrons. The molecule has 0 saturated carbocycles. The Morgan fingerprint density at radius 3 is 2.43 bits per heavy atom. The number of carbonyl (C=O) groups excluding carboxylic acids is 2. The fraction of sp³-hybridized carbons (Fsp3) is 0.312. The molecule has 1 N–H and O–H groups in total. The van der Waals surface area contributed by atoms with Crippen molar-refractivity contribution in [3.05, 3.63) is 113 Å². The molecule has 1 unspecified atom stereocenters. The number of aromatic nitrogens is 1. The molecular formula is C32H36N2O3. The lowest BCUT2D eigenvalue weighted by Crippen LogP contribution is -2.32. The van der Waals surface area contributed by atoms with E-state index in [0.717, 1.165) is 56.5 Å². The molecule has 0 saturated heterocycles. The first-order valence-electron chi connectivity index (χ1n) is 13.1. The van der Waals surface area contributed by atoms with E-state index in [9.17, 15) is 9.59 Å². The molecule has 1 aliphatic carbocycles. The van der Waals surface area contributed by atoms with Crippen LogP contribution in [0.2, 0.25) is 0 Å². The summed E-state index contributed by atoms with van der Waals surface area (Å²) in [5.41, 5.74) is 4.93. The highest BCUT2D eigenvalue weighted by atomic mass is 16.3. The van der Waals surface area contributed by atoms with Crippen LogP contribution in [-0.2, 0) is 17.8 Å². The Labute approximate surface area is 219 Å². The average Bonchev–Trinajstić information content (AvgIpc) is 3.53. The summed E-state index contributed by atoms with van der Waals surface area (Å²) < 4.78 is 2.05. The Morgan fingerprint density at radius 2 is 1.76 bits per heavy atom. The zero-order chi connectivity index (χ0) is 26.2. The molecule has 37 heavy (non-hydrogen) atoms. The highest BCUT2D eigenvalue weighted by Gasteiger charge is 2.33. The zero-order valence-corrected chi connectivity index (χ0v) is 21.8. The van der Waals surface area contributed by atoms with Crippen molar-refractivity contribution in [2.24, 2.45) is 0 Å². The first-order chi connectivity index (χ1) is 17.9. The van der Waals surface area contributed by atoms with Crippen molar-refractivity contribution in [2.45, 2.75) is 51.5 Å². The van der Waals surface area contributed by atoms with E-state index in [4.69, 9.17) is 5.11 Å². The number of nitrogens with zero attached hydrogens (tertiary/aromatic N) is 2. The van der Waals surface area contributed by atoms with Crippen molar-refractivity contribution < 1.29 is 14.7 Å². The number of ketones is 1. The third-order valence-corrected chi connectivity index (χ3v) is 7.01. The van der Waals surface area contributed by atoms with Crippen LogP contribution in [0.15, 0.2) is 90.5 Å². The number of carbonyl (C=O) groups is 2. The maximum Gasteiger partial charge on any atom is 0.231 e. The molecule has 3 aromatic rings. The van der Waals surface area contributed by atoms with Gasteiger partial charge in [0, 0.05) is 31.4 Å². The van der Waals surface area contributed by atoms with Crippen LogP contribution in [0.3, 0.4) is 0 Å². The number of aryl methyl sites for hydroxylation is 2. The van der Waals surface area contributed by atoms with Gasteiger partial charge in [0.2, 0.25) is 11.7 Å². The van der Waals surface area contributed by atoms with Gasteiger partial charge in [0.15, 0.2) is 0 Å². The van der Waals surface area contributed by atoms with Crippen molar-refractivity contribution in [1.82, 2.24) is 9.47 Å². The van der Waals surface area contributed by atoms with Crippen LogP contribution in [0.1, 0.15) is 58.9 Å². The lowest BCUT2D eigenvalue weighted by molar-refractivity contribution is -0.131. The van der Waals surface area contributed by atoms with E-state index in [2.05, 4.69) is 30.3 Å². The SMILES string of the molecule is CN(CCCc1ccccc1)C(=O)C1CCn2c(C(=O)C3=CCCC=C3)ccc21.Cc1ccc(O)cc1. The molecule has 0 spiro atoms. The molecule has 5 rings (SSSR count). The highest BCUT2D eigenvalue weighted by molar-refractivity contribution is 6.10. The highest BCUT2D eigenvalue weighted by Crippen LogP contribution is 2.33. The quantitative estimate of drug-likeness (QED) is 0.395. The molecule has 192 valence electrons. The summed E-state index contributed by atoms with van der Waals surface area (Å²) >= 11 is 0. The number of phenols is 1. The summed E-state index contributed by atoms with van der Waals surface area (Å²) in [4.78, 5) is 27.8. The fourth-order valence-corrected chi connectivity index (χ4v) is 4.91. The van der Waals surface area contributed by atoms with Crippen LogP contribution >= 0.6 is 0 Å². The van der Waals surface area contributed by atoms with Gasteiger partial charge in [0.05, 0.1) is 11.6 Å². The Bertz CT molecular complexity index is 1250. The van der Waals surface area contributed by atoms with Crippen molar-refractivity contribution >= 4 is 11.7 Å². The molecule has 5 heteroatoms. The van der Waals surface area contributed by atoms with Crippen molar-refractivity contribution in [3.63, 3.8) is 0 Å². The van der Waals surface area contributed by atoms with E-state index in [0.29, 0.717) is 11.4 Å². The maximum atomic E-state index is 13.0. The summed E-state index contributed by atoms with van der Waals surface area (Å²) in [5.74, 6) is 0.409. The normalized spacial score (nSPS) is 15.8. The number of likely N-dealkylation sites (N-methyl/N-ethyl adjacent to an activating group) is 1. The standard InChI is InChI=1S/C25H28N2O2.C7H8O/c1-26(17-8-11-19-9-4-2-5-10-19)25(29)21-16-18-27-22(21)14-15-23(27)24(28)20-12-6-3-7-13-20;1-6-2-4-7(8)5-3-6/h2,4-6,9-10,12-15,21H,3,7-8,11,16-18H2,1H3;2-5,8H,1H3. The molecule has 2 aliphatic rings. The first-order valence-corrected chi connectivity index (χ1v) is 13.1. The van der Waals surface area contributed by atoms with Crippen LogP contribution in [0, 0.1) is 6.92 Å². The van der Waals surface area contributed by atoms with E-state index >= 15 is 0 Å². The van der Waals surface area contributed by atoms with Gasteiger partial charge in [0.25, 0.3) is 0 Å². The number of fused-ring (bicyclic) bond motifs is 1. The average molecular weight is 497 g/mol. The van der Waals surface area contributed by atoms with Gasteiger partial charge in [0.1, 0.15) is 5.75 Å². The fourth-order valence-electron chi connectivity index (χ4n) is 4.91. The van der Waals surface area contributed by atoms with E-state index in [1.165, 1.54) is 11.1 Å². The predicted molar refractivity (Wildman–Crippen MR) is 148 cm³/mol. The zero-order valence-electron chi connectivity index (χ0n) is 21.8. The minimum absolute atomic E-state index is 0.0662. The monoisotopic (exact) mass is 496 g/mol. The van der Waals surface area contributed by atoms with Crippen molar-refractivity contribution in [2.75, 3.05) is 13.6 Å². The lowest BCUT2D eigenvalue weighted by Gasteiger charge is -2.21. The Kier molecular flexibility index (Phi) is 8.78. The number of rotatable bonds is 7. The minimum Gasteiger partial charge on any atom is -0.508 e. The number of amides is 1. The summed E-state index contributed by atoms with van der Waals surface area (Å²) in [6.45, 7) is 3.46. The van der Waals surface area contributed by atoms with Gasteiger partial charge in [-0.1, -0.05) is 66.3 Å². The third kappa shape index (κ3) is 6.67. The van der Waals surface area contributed by atoms with Gasteiger partial charge < -0.3 is 14.6 Å². The van der Waals surface area contributed by atoms with Crippen molar-refractivity contribution in [3.8, 4) is 5.75 Å².